The van der Waals surface area contributed by atoms with E-state index in [1.807, 2.05) is 25.1 Å². The van der Waals surface area contributed by atoms with Crippen LogP contribution in [0.15, 0.2) is 18.2 Å². The SMILES string of the molecule is CCc1ccc2[nH]c(CN)cc2c1O. The van der Waals surface area contributed by atoms with Gasteiger partial charge in [0.2, 0.25) is 0 Å². The normalized spacial score (nSPS) is 11.0. The first-order valence-electron chi connectivity index (χ1n) is 4.78. The van der Waals surface area contributed by atoms with Crippen molar-refractivity contribution in [2.45, 2.75) is 19.9 Å². The smallest absolute Gasteiger partial charge is 0.128 e. The predicted molar refractivity (Wildman–Crippen MR) is 57.2 cm³/mol. The molecular weight excluding hydrogens is 176 g/mol. The molecule has 1 heterocycles. The van der Waals surface area contributed by atoms with Crippen LogP contribution in [0.3, 0.4) is 0 Å². The van der Waals surface area contributed by atoms with Crippen LogP contribution in [0.4, 0.5) is 0 Å². The summed E-state index contributed by atoms with van der Waals surface area (Å²) in [5.74, 6) is 0.376. The molecule has 0 bridgehead atoms. The van der Waals surface area contributed by atoms with Gasteiger partial charge in [-0.25, -0.2) is 0 Å². The quantitative estimate of drug-likeness (QED) is 0.677. The Bertz CT molecular complexity index is 460. The molecule has 0 saturated heterocycles. The molecule has 2 aromatic rings. The Kier molecular flexibility index (Phi) is 2.17. The van der Waals surface area contributed by atoms with Crippen LogP contribution >= 0.6 is 0 Å². The number of phenolic OH excluding ortho intramolecular Hbond substituents is 1. The monoisotopic (exact) mass is 190 g/mol. The Labute approximate surface area is 82.6 Å². The van der Waals surface area contributed by atoms with Crippen LogP contribution < -0.4 is 5.73 Å². The molecular formula is C11H14N2O. The van der Waals surface area contributed by atoms with E-state index in [2.05, 4.69) is 4.98 Å². The van der Waals surface area contributed by atoms with Crippen LogP contribution in [0.2, 0.25) is 0 Å². The minimum atomic E-state index is 0.376. The summed E-state index contributed by atoms with van der Waals surface area (Å²) in [7, 11) is 0. The fourth-order valence-corrected chi connectivity index (χ4v) is 1.69. The summed E-state index contributed by atoms with van der Waals surface area (Å²) in [4.78, 5) is 3.15. The molecule has 0 aliphatic rings. The molecule has 3 nitrogen and oxygen atoms in total. The number of fused-ring (bicyclic) bond motifs is 1. The van der Waals surface area contributed by atoms with E-state index in [1.165, 1.54) is 0 Å². The van der Waals surface area contributed by atoms with E-state index in [0.29, 0.717) is 12.3 Å². The molecule has 0 amide bonds. The predicted octanol–water partition coefficient (Wildman–Crippen LogP) is 1.89. The topological polar surface area (TPSA) is 62.0 Å². The number of H-pyrrole nitrogens is 1. The lowest BCUT2D eigenvalue weighted by Crippen LogP contribution is -1.94. The number of nitrogens with two attached hydrogens (primary N) is 1. The molecule has 1 aromatic heterocycles. The van der Waals surface area contributed by atoms with Crippen molar-refractivity contribution in [1.29, 1.82) is 0 Å². The second-order valence-electron chi connectivity index (χ2n) is 3.39. The van der Waals surface area contributed by atoms with E-state index < -0.39 is 0 Å². The maximum Gasteiger partial charge on any atom is 0.128 e. The molecule has 0 fully saturated rings. The number of aryl methyl sites for hydroxylation is 1. The first kappa shape index (κ1) is 9.09. The molecule has 0 unspecified atom stereocenters. The van der Waals surface area contributed by atoms with Gasteiger partial charge in [0.25, 0.3) is 0 Å². The second kappa shape index (κ2) is 3.35. The van der Waals surface area contributed by atoms with Crippen molar-refractivity contribution < 1.29 is 5.11 Å². The van der Waals surface area contributed by atoms with Crippen LogP contribution in [0, 0.1) is 0 Å². The van der Waals surface area contributed by atoms with Crippen molar-refractivity contribution in [3.05, 3.63) is 29.5 Å². The van der Waals surface area contributed by atoms with Gasteiger partial charge >= 0.3 is 0 Å². The maximum atomic E-state index is 9.90. The van der Waals surface area contributed by atoms with Crippen molar-refractivity contribution in [3.8, 4) is 5.75 Å². The van der Waals surface area contributed by atoms with Gasteiger partial charge in [-0.05, 0) is 24.1 Å². The minimum absolute atomic E-state index is 0.376. The highest BCUT2D eigenvalue weighted by atomic mass is 16.3. The van der Waals surface area contributed by atoms with Gasteiger partial charge in [0.15, 0.2) is 0 Å². The molecule has 4 N–H and O–H groups in total. The van der Waals surface area contributed by atoms with E-state index in [4.69, 9.17) is 5.73 Å². The summed E-state index contributed by atoms with van der Waals surface area (Å²) >= 11 is 0. The summed E-state index contributed by atoms with van der Waals surface area (Å²) in [6.07, 6.45) is 0.838. The lowest BCUT2D eigenvalue weighted by atomic mass is 10.1. The van der Waals surface area contributed by atoms with Gasteiger partial charge in [0, 0.05) is 23.1 Å². The van der Waals surface area contributed by atoms with Crippen LogP contribution in [0.1, 0.15) is 18.2 Å². The number of phenols is 1. The molecule has 0 atom stereocenters. The van der Waals surface area contributed by atoms with Gasteiger partial charge in [-0.2, -0.15) is 0 Å². The van der Waals surface area contributed by atoms with Crippen molar-refractivity contribution >= 4 is 10.9 Å². The Morgan fingerprint density at radius 3 is 2.86 bits per heavy atom. The fourth-order valence-electron chi connectivity index (χ4n) is 1.69. The summed E-state index contributed by atoms with van der Waals surface area (Å²) in [5, 5.41) is 10.8. The minimum Gasteiger partial charge on any atom is -0.507 e. The third-order valence-corrected chi connectivity index (χ3v) is 2.52. The van der Waals surface area contributed by atoms with Gasteiger partial charge in [0.05, 0.1) is 0 Å². The van der Waals surface area contributed by atoms with Gasteiger partial charge < -0.3 is 15.8 Å². The Hall–Kier alpha value is -1.48. The molecule has 14 heavy (non-hydrogen) atoms. The molecule has 0 radical (unpaired) electrons. The first-order valence-corrected chi connectivity index (χ1v) is 4.78. The Balaban J connectivity index is 2.68. The number of aromatic hydroxyl groups is 1. The lowest BCUT2D eigenvalue weighted by Gasteiger charge is -2.01. The largest absolute Gasteiger partial charge is 0.507 e. The zero-order valence-electron chi connectivity index (χ0n) is 8.17. The molecule has 74 valence electrons. The summed E-state index contributed by atoms with van der Waals surface area (Å²) < 4.78 is 0. The highest BCUT2D eigenvalue weighted by Crippen LogP contribution is 2.29. The third-order valence-electron chi connectivity index (χ3n) is 2.52. The number of nitrogens with one attached hydrogen (secondary N) is 1. The number of aromatic amines is 1. The number of rotatable bonds is 2. The average molecular weight is 190 g/mol. The van der Waals surface area contributed by atoms with Gasteiger partial charge in [-0.15, -0.1) is 0 Å². The van der Waals surface area contributed by atoms with E-state index in [-0.39, 0.29) is 0 Å². The third kappa shape index (κ3) is 1.26. The molecule has 3 heteroatoms. The molecule has 0 saturated carbocycles. The zero-order valence-corrected chi connectivity index (χ0v) is 8.17. The van der Waals surface area contributed by atoms with Crippen LogP contribution in [-0.4, -0.2) is 10.1 Å². The Morgan fingerprint density at radius 1 is 1.43 bits per heavy atom. The lowest BCUT2D eigenvalue weighted by molar-refractivity contribution is 0.475. The molecule has 0 aliphatic heterocycles. The van der Waals surface area contributed by atoms with Crippen LogP contribution in [0.5, 0.6) is 5.75 Å². The van der Waals surface area contributed by atoms with Gasteiger partial charge in [0.1, 0.15) is 5.75 Å². The summed E-state index contributed by atoms with van der Waals surface area (Å²) in [5.41, 5.74) is 8.39. The van der Waals surface area contributed by atoms with Gasteiger partial charge in [-0.1, -0.05) is 13.0 Å². The zero-order chi connectivity index (χ0) is 10.1. The van der Waals surface area contributed by atoms with E-state index >= 15 is 0 Å². The maximum absolute atomic E-state index is 9.90. The molecule has 2 rings (SSSR count). The molecule has 1 aromatic carbocycles. The number of hydrogen-bond donors (Lipinski definition) is 3. The average Bonchev–Trinajstić information content (AvgIpc) is 2.62. The molecule has 0 spiro atoms. The van der Waals surface area contributed by atoms with Gasteiger partial charge in [-0.3, -0.25) is 0 Å². The van der Waals surface area contributed by atoms with Crippen molar-refractivity contribution in [2.75, 3.05) is 0 Å². The number of hydrogen-bond acceptors (Lipinski definition) is 2. The summed E-state index contributed by atoms with van der Waals surface area (Å²) in [6, 6.07) is 5.82. The first-order chi connectivity index (χ1) is 6.76. The van der Waals surface area contributed by atoms with Crippen molar-refractivity contribution in [2.24, 2.45) is 5.73 Å². The van der Waals surface area contributed by atoms with E-state index in [9.17, 15) is 5.11 Å². The standard InChI is InChI=1S/C11H14N2O/c1-2-7-3-4-10-9(11(7)14)5-8(6-12)13-10/h3-5,13-14H,2,6,12H2,1H3. The van der Waals surface area contributed by atoms with E-state index in [0.717, 1.165) is 28.6 Å². The second-order valence-corrected chi connectivity index (χ2v) is 3.39. The number of aromatic nitrogens is 1. The summed E-state index contributed by atoms with van der Waals surface area (Å²) in [6.45, 7) is 2.49. The van der Waals surface area contributed by atoms with Crippen LogP contribution in [0.25, 0.3) is 10.9 Å². The van der Waals surface area contributed by atoms with Crippen molar-refractivity contribution in [3.63, 3.8) is 0 Å². The Morgan fingerprint density at radius 2 is 2.21 bits per heavy atom. The van der Waals surface area contributed by atoms with Crippen molar-refractivity contribution in [1.82, 2.24) is 4.98 Å². The molecule has 0 aliphatic carbocycles. The van der Waals surface area contributed by atoms with E-state index in [1.54, 1.807) is 0 Å². The van der Waals surface area contributed by atoms with Crippen LogP contribution in [-0.2, 0) is 13.0 Å². The highest BCUT2D eigenvalue weighted by Gasteiger charge is 2.07. The number of benzene rings is 1. The fraction of sp³-hybridized carbons (Fsp3) is 0.273. The highest BCUT2D eigenvalue weighted by molar-refractivity contribution is 5.87.